The van der Waals surface area contributed by atoms with Crippen molar-refractivity contribution in [3.05, 3.63) is 12.7 Å². The molecule has 66 valence electrons. The predicted octanol–water partition coefficient (Wildman–Crippen LogP) is 3.16. The van der Waals surface area contributed by atoms with Crippen molar-refractivity contribution in [3.8, 4) is 0 Å². The Kier molecular flexibility index (Phi) is 5.22. The second-order valence-electron chi connectivity index (χ2n) is 2.82. The second-order valence-corrected chi connectivity index (χ2v) is 2.82. The summed E-state index contributed by atoms with van der Waals surface area (Å²) in [6.45, 7) is 11.0. The average molecular weight is 156 g/mol. The Bertz CT molecular complexity index is 103. The molecule has 1 nitrogen and oxygen atoms in total. The molecule has 0 spiro atoms. The van der Waals surface area contributed by atoms with Crippen molar-refractivity contribution in [2.75, 3.05) is 6.61 Å². The predicted molar refractivity (Wildman–Crippen MR) is 49.8 cm³/mol. The van der Waals surface area contributed by atoms with Crippen LogP contribution in [0.5, 0.6) is 0 Å². The second kappa shape index (κ2) is 5.36. The van der Waals surface area contributed by atoms with E-state index >= 15 is 0 Å². The van der Waals surface area contributed by atoms with Crippen LogP contribution in [0.25, 0.3) is 0 Å². The van der Waals surface area contributed by atoms with Gasteiger partial charge in [0.05, 0.1) is 5.60 Å². The monoisotopic (exact) mass is 156 g/mol. The Morgan fingerprint density at radius 1 is 1.27 bits per heavy atom. The Hall–Kier alpha value is -0.300. The highest BCUT2D eigenvalue weighted by atomic mass is 16.5. The number of hydrogen-bond acceptors (Lipinski definition) is 1. The molecule has 0 aromatic rings. The zero-order chi connectivity index (χ0) is 8.74. The Morgan fingerprint density at radius 2 is 1.82 bits per heavy atom. The van der Waals surface area contributed by atoms with Gasteiger partial charge in [-0.1, -0.05) is 26.8 Å². The minimum atomic E-state index is -0.0595. The number of ether oxygens (including phenoxy) is 1. The van der Waals surface area contributed by atoms with Crippen molar-refractivity contribution < 1.29 is 4.74 Å². The Balaban J connectivity index is 3.94. The third-order valence-electron chi connectivity index (χ3n) is 2.16. The molecule has 0 bridgehead atoms. The van der Waals surface area contributed by atoms with Crippen molar-refractivity contribution in [1.29, 1.82) is 0 Å². The summed E-state index contributed by atoms with van der Waals surface area (Å²) in [7, 11) is 0. The van der Waals surface area contributed by atoms with Crippen LogP contribution in [0.3, 0.4) is 0 Å². The first-order valence-electron chi connectivity index (χ1n) is 4.52. The van der Waals surface area contributed by atoms with E-state index in [1.165, 1.54) is 0 Å². The summed E-state index contributed by atoms with van der Waals surface area (Å²) in [6.07, 6.45) is 5.05. The minimum absolute atomic E-state index is 0.0595. The lowest BCUT2D eigenvalue weighted by molar-refractivity contribution is -0.0133. The van der Waals surface area contributed by atoms with E-state index in [0.29, 0.717) is 0 Å². The number of rotatable bonds is 6. The van der Waals surface area contributed by atoms with Crippen molar-refractivity contribution in [1.82, 2.24) is 0 Å². The van der Waals surface area contributed by atoms with E-state index in [-0.39, 0.29) is 5.60 Å². The van der Waals surface area contributed by atoms with Gasteiger partial charge in [-0.05, 0) is 19.3 Å². The normalized spacial score (nSPS) is 11.5. The van der Waals surface area contributed by atoms with Crippen LogP contribution in [-0.4, -0.2) is 12.2 Å². The van der Waals surface area contributed by atoms with Crippen molar-refractivity contribution >= 4 is 0 Å². The van der Waals surface area contributed by atoms with Crippen LogP contribution in [0.15, 0.2) is 12.7 Å². The maximum atomic E-state index is 5.71. The van der Waals surface area contributed by atoms with Gasteiger partial charge < -0.3 is 4.74 Å². The third-order valence-corrected chi connectivity index (χ3v) is 2.16. The van der Waals surface area contributed by atoms with Crippen LogP contribution in [0.2, 0.25) is 0 Å². The summed E-state index contributed by atoms with van der Waals surface area (Å²) in [4.78, 5) is 0. The molecule has 0 amide bonds. The lowest BCUT2D eigenvalue weighted by Gasteiger charge is -2.27. The van der Waals surface area contributed by atoms with E-state index in [1.807, 2.05) is 6.08 Å². The van der Waals surface area contributed by atoms with Crippen LogP contribution in [0.1, 0.15) is 40.0 Å². The third kappa shape index (κ3) is 3.06. The highest BCUT2D eigenvalue weighted by Crippen LogP contribution is 2.21. The summed E-state index contributed by atoms with van der Waals surface area (Å²) in [5.74, 6) is 0. The van der Waals surface area contributed by atoms with Gasteiger partial charge in [0.15, 0.2) is 0 Å². The molecule has 0 atom stereocenters. The molecule has 1 heteroatoms. The van der Waals surface area contributed by atoms with Crippen LogP contribution in [0, 0.1) is 0 Å². The molecule has 0 radical (unpaired) electrons. The molecular formula is C10H20O. The lowest BCUT2D eigenvalue weighted by Crippen LogP contribution is -2.28. The van der Waals surface area contributed by atoms with Gasteiger partial charge in [-0.3, -0.25) is 0 Å². The summed E-state index contributed by atoms with van der Waals surface area (Å²) >= 11 is 0. The van der Waals surface area contributed by atoms with Gasteiger partial charge in [0.25, 0.3) is 0 Å². The summed E-state index contributed by atoms with van der Waals surface area (Å²) in [5.41, 5.74) is -0.0595. The Morgan fingerprint density at radius 3 is 2.09 bits per heavy atom. The van der Waals surface area contributed by atoms with Crippen LogP contribution >= 0.6 is 0 Å². The highest BCUT2D eigenvalue weighted by Gasteiger charge is 2.21. The molecule has 11 heavy (non-hydrogen) atoms. The van der Waals surface area contributed by atoms with Gasteiger partial charge in [-0.15, -0.1) is 6.58 Å². The van der Waals surface area contributed by atoms with Gasteiger partial charge in [0, 0.05) is 6.61 Å². The molecule has 0 fully saturated rings. The van der Waals surface area contributed by atoms with Gasteiger partial charge in [-0.25, -0.2) is 0 Å². The molecule has 0 aliphatic rings. The van der Waals surface area contributed by atoms with Crippen molar-refractivity contribution in [2.45, 2.75) is 45.6 Å². The van der Waals surface area contributed by atoms with Crippen LogP contribution < -0.4 is 0 Å². The molecule has 0 aliphatic carbocycles. The molecule has 0 unspecified atom stereocenters. The average Bonchev–Trinajstić information content (AvgIpc) is 2.08. The molecule has 0 aromatic carbocycles. The fourth-order valence-corrected chi connectivity index (χ4v) is 1.11. The molecule has 0 rings (SSSR count). The van der Waals surface area contributed by atoms with Crippen LogP contribution in [-0.2, 0) is 4.74 Å². The zero-order valence-corrected chi connectivity index (χ0v) is 8.02. The van der Waals surface area contributed by atoms with Gasteiger partial charge >= 0.3 is 0 Å². The topological polar surface area (TPSA) is 9.23 Å². The summed E-state index contributed by atoms with van der Waals surface area (Å²) in [6, 6.07) is 0. The smallest absolute Gasteiger partial charge is 0.0854 e. The van der Waals surface area contributed by atoms with Crippen molar-refractivity contribution in [2.24, 2.45) is 0 Å². The SMILES string of the molecule is C=CC(CC)(CC)OCCC. The van der Waals surface area contributed by atoms with E-state index in [4.69, 9.17) is 4.74 Å². The fraction of sp³-hybridized carbons (Fsp3) is 0.800. The van der Waals surface area contributed by atoms with Gasteiger partial charge in [-0.2, -0.15) is 0 Å². The maximum absolute atomic E-state index is 5.71. The standard InChI is InChI=1S/C10H20O/c1-5-9-11-10(6-2,7-3)8-4/h6H,2,5,7-9H2,1,3-4H3. The molecule has 0 saturated heterocycles. The first-order valence-corrected chi connectivity index (χ1v) is 4.52. The van der Waals surface area contributed by atoms with E-state index < -0.39 is 0 Å². The fourth-order valence-electron chi connectivity index (χ4n) is 1.11. The summed E-state index contributed by atoms with van der Waals surface area (Å²) in [5, 5.41) is 0. The highest BCUT2D eigenvalue weighted by molar-refractivity contribution is 4.95. The van der Waals surface area contributed by atoms with Gasteiger partial charge in [0.1, 0.15) is 0 Å². The van der Waals surface area contributed by atoms with Crippen LogP contribution in [0.4, 0.5) is 0 Å². The largest absolute Gasteiger partial charge is 0.371 e. The molecule has 0 aliphatic heterocycles. The first kappa shape index (κ1) is 10.7. The number of hydrogen-bond donors (Lipinski definition) is 0. The quantitative estimate of drug-likeness (QED) is 0.537. The van der Waals surface area contributed by atoms with Gasteiger partial charge in [0.2, 0.25) is 0 Å². The minimum Gasteiger partial charge on any atom is -0.371 e. The van der Waals surface area contributed by atoms with Crippen molar-refractivity contribution in [3.63, 3.8) is 0 Å². The zero-order valence-electron chi connectivity index (χ0n) is 8.02. The molecule has 0 heterocycles. The molecule has 0 saturated carbocycles. The molecular weight excluding hydrogens is 136 g/mol. The van der Waals surface area contributed by atoms with E-state index in [9.17, 15) is 0 Å². The first-order chi connectivity index (χ1) is 5.24. The Labute approximate surface area is 70.4 Å². The maximum Gasteiger partial charge on any atom is 0.0854 e. The summed E-state index contributed by atoms with van der Waals surface area (Å²) < 4.78 is 5.71. The van der Waals surface area contributed by atoms with E-state index in [2.05, 4.69) is 27.4 Å². The lowest BCUT2D eigenvalue weighted by atomic mass is 9.97. The molecule has 0 aromatic heterocycles. The van der Waals surface area contributed by atoms with E-state index in [0.717, 1.165) is 25.9 Å². The molecule has 0 N–H and O–H groups in total. The van der Waals surface area contributed by atoms with E-state index in [1.54, 1.807) is 0 Å².